The zero-order chi connectivity index (χ0) is 22.7. The fraction of sp³-hybridized carbons (Fsp3) is 0.160. The van der Waals surface area contributed by atoms with Crippen molar-refractivity contribution in [1.82, 2.24) is 14.9 Å². The van der Waals surface area contributed by atoms with Crippen molar-refractivity contribution in [1.29, 1.82) is 0 Å². The molecule has 3 aromatic carbocycles. The van der Waals surface area contributed by atoms with Crippen molar-refractivity contribution in [3.05, 3.63) is 94.2 Å². The van der Waals surface area contributed by atoms with Gasteiger partial charge >= 0.3 is 0 Å². The van der Waals surface area contributed by atoms with E-state index in [1.165, 1.54) is 0 Å². The Morgan fingerprint density at radius 3 is 2.53 bits per heavy atom. The minimum absolute atomic E-state index is 0.0765. The average Bonchev–Trinajstić information content (AvgIpc) is 3.12. The van der Waals surface area contributed by atoms with Gasteiger partial charge in [0.15, 0.2) is 0 Å². The highest BCUT2D eigenvalue weighted by Crippen LogP contribution is 2.22. The number of carbonyl (C=O) groups excluding carboxylic acids is 2. The summed E-state index contributed by atoms with van der Waals surface area (Å²) in [5, 5.41) is 5.92. The summed E-state index contributed by atoms with van der Waals surface area (Å²) in [7, 11) is 0. The first-order valence-electron chi connectivity index (χ1n) is 10.3. The average molecular weight is 491 g/mol. The number of imidazole rings is 1. The minimum Gasteiger partial charge on any atom is -0.342 e. The van der Waals surface area contributed by atoms with Crippen LogP contribution in [0, 0.1) is 6.92 Å². The number of hydrogen-bond donors (Lipinski definition) is 2. The van der Waals surface area contributed by atoms with Crippen LogP contribution in [0.5, 0.6) is 0 Å². The molecule has 1 aromatic heterocycles. The first kappa shape index (κ1) is 21.8. The number of rotatable bonds is 6. The van der Waals surface area contributed by atoms with E-state index in [-0.39, 0.29) is 18.4 Å². The van der Waals surface area contributed by atoms with E-state index in [1.807, 2.05) is 79.1 Å². The number of benzene rings is 3. The van der Waals surface area contributed by atoms with E-state index < -0.39 is 6.04 Å². The van der Waals surface area contributed by atoms with Gasteiger partial charge in [0.05, 0.1) is 17.1 Å². The van der Waals surface area contributed by atoms with E-state index in [9.17, 15) is 9.59 Å². The van der Waals surface area contributed by atoms with Crippen molar-refractivity contribution in [2.24, 2.45) is 0 Å². The lowest BCUT2D eigenvalue weighted by Crippen LogP contribution is -2.30. The van der Waals surface area contributed by atoms with E-state index >= 15 is 0 Å². The zero-order valence-corrected chi connectivity index (χ0v) is 19.4. The highest BCUT2D eigenvalue weighted by Gasteiger charge is 2.20. The molecule has 2 amide bonds. The number of carbonyl (C=O) groups is 2. The molecule has 7 heteroatoms. The molecule has 162 valence electrons. The van der Waals surface area contributed by atoms with Crippen molar-refractivity contribution in [2.75, 3.05) is 5.32 Å². The maximum absolute atomic E-state index is 12.8. The number of aromatic nitrogens is 2. The summed E-state index contributed by atoms with van der Waals surface area (Å²) in [4.78, 5) is 30.3. The second kappa shape index (κ2) is 9.36. The Hall–Kier alpha value is -3.45. The summed E-state index contributed by atoms with van der Waals surface area (Å²) in [6, 6.07) is 22.1. The maximum atomic E-state index is 12.8. The second-order valence-corrected chi connectivity index (χ2v) is 8.58. The Morgan fingerprint density at radius 1 is 1.03 bits per heavy atom. The van der Waals surface area contributed by atoms with Crippen molar-refractivity contribution < 1.29 is 9.59 Å². The molecule has 0 radical (unpaired) electrons. The molecule has 0 spiro atoms. The number of nitrogens with one attached hydrogen (secondary N) is 2. The fourth-order valence-corrected chi connectivity index (χ4v) is 3.95. The van der Waals surface area contributed by atoms with Gasteiger partial charge < -0.3 is 15.2 Å². The molecule has 32 heavy (non-hydrogen) atoms. The van der Waals surface area contributed by atoms with Crippen molar-refractivity contribution >= 4 is 44.5 Å². The van der Waals surface area contributed by atoms with Gasteiger partial charge in [-0.2, -0.15) is 0 Å². The molecule has 2 N–H and O–H groups in total. The summed E-state index contributed by atoms with van der Waals surface area (Å²) in [5.74, 6) is 0.260. The largest absolute Gasteiger partial charge is 0.342 e. The van der Waals surface area contributed by atoms with Crippen LogP contribution in [0.2, 0.25) is 0 Å². The van der Waals surface area contributed by atoms with E-state index in [0.717, 1.165) is 21.1 Å². The number of nitrogens with zero attached hydrogens (tertiary/aromatic N) is 2. The van der Waals surface area contributed by atoms with Gasteiger partial charge in [0, 0.05) is 15.7 Å². The van der Waals surface area contributed by atoms with Crippen molar-refractivity contribution in [2.45, 2.75) is 26.4 Å². The molecule has 0 fully saturated rings. The third-order valence-corrected chi connectivity index (χ3v) is 5.64. The van der Waals surface area contributed by atoms with Crippen LogP contribution in [0.25, 0.3) is 11.0 Å². The van der Waals surface area contributed by atoms with Crippen molar-refractivity contribution in [3.8, 4) is 0 Å². The summed E-state index contributed by atoms with van der Waals surface area (Å²) in [6.45, 7) is 3.93. The first-order valence-corrected chi connectivity index (χ1v) is 11.1. The van der Waals surface area contributed by atoms with Crippen LogP contribution in [0.15, 0.2) is 77.3 Å². The molecule has 0 aliphatic rings. The van der Waals surface area contributed by atoms with Crippen molar-refractivity contribution in [3.63, 3.8) is 0 Å². The van der Waals surface area contributed by atoms with Crippen LogP contribution in [0.1, 0.15) is 34.7 Å². The maximum Gasteiger partial charge on any atom is 0.251 e. The van der Waals surface area contributed by atoms with Gasteiger partial charge in [-0.3, -0.25) is 9.59 Å². The lowest BCUT2D eigenvalue weighted by atomic mass is 10.1. The Kier molecular flexibility index (Phi) is 6.37. The lowest BCUT2D eigenvalue weighted by Gasteiger charge is -2.16. The minimum atomic E-state index is -0.394. The molecular formula is C25H23BrN4O2. The summed E-state index contributed by atoms with van der Waals surface area (Å²) < 4.78 is 2.74. The third kappa shape index (κ3) is 4.89. The van der Waals surface area contributed by atoms with Gasteiger partial charge in [0.2, 0.25) is 5.91 Å². The highest BCUT2D eigenvalue weighted by molar-refractivity contribution is 9.10. The van der Waals surface area contributed by atoms with Gasteiger partial charge in [0.1, 0.15) is 12.4 Å². The van der Waals surface area contributed by atoms with Crippen LogP contribution < -0.4 is 10.6 Å². The number of halogens is 1. The standard InChI is InChI=1S/C25H23BrN4O2/c1-16-10-12-18(13-11-16)25(32)27-17(2)24-29-21-8-3-4-9-22(21)30(24)15-23(31)28-20-7-5-6-19(26)14-20/h3-14,17H,15H2,1-2H3,(H,27,32)(H,28,31). The Balaban J connectivity index is 1.58. The molecule has 6 nitrogen and oxygen atoms in total. The topological polar surface area (TPSA) is 76.0 Å². The third-order valence-electron chi connectivity index (χ3n) is 5.14. The molecule has 4 rings (SSSR count). The molecule has 1 unspecified atom stereocenters. The Labute approximate surface area is 194 Å². The molecule has 4 aromatic rings. The van der Waals surface area contributed by atoms with Crippen LogP contribution in [0.4, 0.5) is 5.69 Å². The number of amides is 2. The fourth-order valence-electron chi connectivity index (χ4n) is 3.55. The van der Waals surface area contributed by atoms with E-state index in [1.54, 1.807) is 12.1 Å². The van der Waals surface area contributed by atoms with E-state index in [2.05, 4.69) is 26.6 Å². The number of hydrogen-bond acceptors (Lipinski definition) is 3. The van der Waals surface area contributed by atoms with Crippen LogP contribution in [-0.4, -0.2) is 21.4 Å². The second-order valence-electron chi connectivity index (χ2n) is 7.66. The van der Waals surface area contributed by atoms with Crippen LogP contribution >= 0.6 is 15.9 Å². The number of aryl methyl sites for hydroxylation is 1. The molecule has 0 bridgehead atoms. The van der Waals surface area contributed by atoms with Gasteiger partial charge in [-0.1, -0.05) is 51.8 Å². The Morgan fingerprint density at radius 2 is 1.78 bits per heavy atom. The van der Waals surface area contributed by atoms with E-state index in [4.69, 9.17) is 4.98 Å². The first-order chi connectivity index (χ1) is 15.4. The molecule has 0 aliphatic heterocycles. The Bertz CT molecular complexity index is 1280. The number of para-hydroxylation sites is 2. The van der Waals surface area contributed by atoms with Gasteiger partial charge in [-0.25, -0.2) is 4.98 Å². The molecular weight excluding hydrogens is 468 g/mol. The molecule has 0 aliphatic carbocycles. The molecule has 1 atom stereocenters. The lowest BCUT2D eigenvalue weighted by molar-refractivity contribution is -0.116. The highest BCUT2D eigenvalue weighted by atomic mass is 79.9. The summed E-state index contributed by atoms with van der Waals surface area (Å²) in [6.07, 6.45) is 0. The quantitative estimate of drug-likeness (QED) is 0.388. The van der Waals surface area contributed by atoms with Crippen LogP contribution in [-0.2, 0) is 11.3 Å². The molecule has 0 saturated heterocycles. The van der Waals surface area contributed by atoms with E-state index in [0.29, 0.717) is 17.1 Å². The summed E-state index contributed by atoms with van der Waals surface area (Å²) in [5.41, 5.74) is 3.99. The SMILES string of the molecule is Cc1ccc(C(=O)NC(C)c2nc3ccccc3n2CC(=O)Nc2cccc(Br)c2)cc1. The normalized spacial score (nSPS) is 11.8. The number of fused-ring (bicyclic) bond motifs is 1. The van der Waals surface area contributed by atoms with Crippen LogP contribution in [0.3, 0.4) is 0 Å². The predicted octanol–water partition coefficient (Wildman–Crippen LogP) is 5.24. The van der Waals surface area contributed by atoms with Gasteiger partial charge in [0.25, 0.3) is 5.91 Å². The zero-order valence-electron chi connectivity index (χ0n) is 17.8. The monoisotopic (exact) mass is 490 g/mol. The molecule has 1 heterocycles. The van der Waals surface area contributed by atoms with Gasteiger partial charge in [-0.15, -0.1) is 0 Å². The summed E-state index contributed by atoms with van der Waals surface area (Å²) >= 11 is 3.42. The number of anilines is 1. The smallest absolute Gasteiger partial charge is 0.251 e. The predicted molar refractivity (Wildman–Crippen MR) is 130 cm³/mol. The van der Waals surface area contributed by atoms with Gasteiger partial charge in [-0.05, 0) is 56.3 Å². The molecule has 0 saturated carbocycles.